The first-order valence-corrected chi connectivity index (χ1v) is 5.53. The van der Waals surface area contributed by atoms with E-state index in [0.717, 1.165) is 12.1 Å². The van der Waals surface area contributed by atoms with Crippen LogP contribution in [0.1, 0.15) is 12.5 Å². The van der Waals surface area contributed by atoms with Gasteiger partial charge in [0, 0.05) is 13.5 Å². The minimum Gasteiger partial charge on any atom is -0.484 e. The molecule has 0 fully saturated rings. The van der Waals surface area contributed by atoms with Crippen molar-refractivity contribution >= 4 is 11.8 Å². The van der Waals surface area contributed by atoms with E-state index in [0.29, 0.717) is 5.75 Å². The summed E-state index contributed by atoms with van der Waals surface area (Å²) in [4.78, 5) is 21.8. The van der Waals surface area contributed by atoms with Crippen molar-refractivity contribution in [1.29, 1.82) is 0 Å². The van der Waals surface area contributed by atoms with E-state index in [1.807, 2.05) is 25.2 Å². The fraction of sp³-hybridized carbons (Fsp3) is 0.333. The van der Waals surface area contributed by atoms with Crippen LogP contribution in [-0.2, 0) is 16.1 Å². The third-order valence-corrected chi connectivity index (χ3v) is 2.03. The monoisotopic (exact) mass is 251 g/mol. The van der Waals surface area contributed by atoms with Gasteiger partial charge in [-0.1, -0.05) is 12.1 Å². The van der Waals surface area contributed by atoms with Crippen LogP contribution in [0.3, 0.4) is 0 Å². The van der Waals surface area contributed by atoms with Crippen LogP contribution in [0, 0.1) is 0 Å². The fourth-order valence-electron chi connectivity index (χ4n) is 1.29. The maximum absolute atomic E-state index is 11.3. The van der Waals surface area contributed by atoms with Gasteiger partial charge >= 0.3 is 0 Å². The summed E-state index contributed by atoms with van der Waals surface area (Å²) in [5.41, 5.74) is 5.47. The maximum atomic E-state index is 11.3. The van der Waals surface area contributed by atoms with Crippen molar-refractivity contribution in [2.24, 2.45) is 0 Å². The minimum absolute atomic E-state index is 0.150. The minimum atomic E-state index is -0.413. The quantitative estimate of drug-likeness (QED) is 0.641. The molecule has 0 atom stereocenters. The Morgan fingerprint density at radius 2 is 2.06 bits per heavy atom. The van der Waals surface area contributed by atoms with E-state index in [1.54, 1.807) is 6.07 Å². The number of carbonyl (C=O) groups excluding carboxylic acids is 2. The average molecular weight is 251 g/mol. The normalized spacial score (nSPS) is 9.67. The third-order valence-electron chi connectivity index (χ3n) is 2.03. The first kappa shape index (κ1) is 14.0. The van der Waals surface area contributed by atoms with Crippen molar-refractivity contribution < 1.29 is 14.3 Å². The maximum Gasteiger partial charge on any atom is 0.276 e. The van der Waals surface area contributed by atoms with Crippen LogP contribution >= 0.6 is 0 Å². The summed E-state index contributed by atoms with van der Waals surface area (Å²) in [5, 5.41) is 3.03. The number of amides is 2. The number of hydrazine groups is 1. The van der Waals surface area contributed by atoms with Gasteiger partial charge < -0.3 is 10.1 Å². The number of carbonyl (C=O) groups is 2. The van der Waals surface area contributed by atoms with Gasteiger partial charge in [-0.15, -0.1) is 0 Å². The molecule has 0 heterocycles. The predicted octanol–water partition coefficient (Wildman–Crippen LogP) is -0.0479. The van der Waals surface area contributed by atoms with E-state index in [2.05, 4.69) is 16.2 Å². The molecule has 0 aliphatic carbocycles. The highest BCUT2D eigenvalue weighted by molar-refractivity contribution is 5.81. The molecule has 0 radical (unpaired) electrons. The Morgan fingerprint density at radius 1 is 1.28 bits per heavy atom. The zero-order valence-electron chi connectivity index (χ0n) is 10.4. The number of benzene rings is 1. The Bertz CT molecular complexity index is 421. The third kappa shape index (κ3) is 5.31. The van der Waals surface area contributed by atoms with Gasteiger partial charge in [0.15, 0.2) is 6.61 Å². The van der Waals surface area contributed by atoms with Crippen molar-refractivity contribution in [3.63, 3.8) is 0 Å². The molecule has 2 amide bonds. The molecule has 1 aromatic carbocycles. The highest BCUT2D eigenvalue weighted by Gasteiger charge is 2.03. The lowest BCUT2D eigenvalue weighted by Crippen LogP contribution is -2.42. The first-order valence-electron chi connectivity index (χ1n) is 5.53. The highest BCUT2D eigenvalue weighted by atomic mass is 16.5. The molecule has 0 aliphatic heterocycles. The van der Waals surface area contributed by atoms with Gasteiger partial charge in [-0.3, -0.25) is 20.4 Å². The molecule has 18 heavy (non-hydrogen) atoms. The molecule has 1 aromatic rings. The van der Waals surface area contributed by atoms with Gasteiger partial charge in [0.1, 0.15) is 5.75 Å². The average Bonchev–Trinajstić information content (AvgIpc) is 2.35. The molecule has 0 saturated carbocycles. The Hall–Kier alpha value is -2.08. The lowest BCUT2D eigenvalue weighted by Gasteiger charge is -2.08. The molecule has 6 heteroatoms. The SMILES string of the molecule is CNCc1cccc(OCC(=O)NNC(C)=O)c1. The van der Waals surface area contributed by atoms with Gasteiger partial charge in [0.2, 0.25) is 5.91 Å². The van der Waals surface area contributed by atoms with E-state index in [9.17, 15) is 9.59 Å². The predicted molar refractivity (Wildman–Crippen MR) is 66.7 cm³/mol. The first-order chi connectivity index (χ1) is 8.61. The Balaban J connectivity index is 2.40. The van der Waals surface area contributed by atoms with E-state index in [-0.39, 0.29) is 12.5 Å². The molecule has 0 unspecified atom stereocenters. The largest absolute Gasteiger partial charge is 0.484 e. The number of hydrogen-bond acceptors (Lipinski definition) is 4. The molecule has 0 bridgehead atoms. The van der Waals surface area contributed by atoms with Crippen LogP contribution in [-0.4, -0.2) is 25.5 Å². The van der Waals surface area contributed by atoms with Gasteiger partial charge in [-0.2, -0.15) is 0 Å². The topological polar surface area (TPSA) is 79.5 Å². The Labute approximate surface area is 106 Å². The summed E-state index contributed by atoms with van der Waals surface area (Å²) in [6.45, 7) is 1.89. The number of nitrogens with one attached hydrogen (secondary N) is 3. The molecule has 6 nitrogen and oxygen atoms in total. The summed E-state index contributed by atoms with van der Waals surface area (Å²) in [7, 11) is 1.86. The number of rotatable bonds is 5. The molecule has 0 saturated heterocycles. The van der Waals surface area contributed by atoms with E-state index < -0.39 is 5.91 Å². The van der Waals surface area contributed by atoms with Gasteiger partial charge in [-0.05, 0) is 24.7 Å². The van der Waals surface area contributed by atoms with Crippen molar-refractivity contribution in [2.45, 2.75) is 13.5 Å². The second kappa shape index (κ2) is 7.29. The van der Waals surface area contributed by atoms with Crippen LogP contribution in [0.15, 0.2) is 24.3 Å². The van der Waals surface area contributed by atoms with Crippen LogP contribution < -0.4 is 20.9 Å². The lowest BCUT2D eigenvalue weighted by molar-refractivity contribution is -0.129. The number of hydrogen-bond donors (Lipinski definition) is 3. The van der Waals surface area contributed by atoms with Gasteiger partial charge in [-0.25, -0.2) is 0 Å². The van der Waals surface area contributed by atoms with Crippen LogP contribution in [0.5, 0.6) is 5.75 Å². The second-order valence-corrected chi connectivity index (χ2v) is 3.70. The van der Waals surface area contributed by atoms with Crippen molar-refractivity contribution in [3.8, 4) is 5.75 Å². The summed E-state index contributed by atoms with van der Waals surface area (Å²) in [6, 6.07) is 7.43. The van der Waals surface area contributed by atoms with Crippen LogP contribution in [0.25, 0.3) is 0 Å². The van der Waals surface area contributed by atoms with E-state index in [4.69, 9.17) is 4.74 Å². The standard InChI is InChI=1S/C12H17N3O3/c1-9(16)14-15-12(17)8-18-11-5-3-4-10(6-11)7-13-2/h3-6,13H,7-8H2,1-2H3,(H,14,16)(H,15,17). The van der Waals surface area contributed by atoms with Gasteiger partial charge in [0.05, 0.1) is 0 Å². The molecule has 1 rings (SSSR count). The summed E-state index contributed by atoms with van der Waals surface area (Å²) in [6.07, 6.45) is 0. The smallest absolute Gasteiger partial charge is 0.276 e. The van der Waals surface area contributed by atoms with Crippen LogP contribution in [0.4, 0.5) is 0 Å². The van der Waals surface area contributed by atoms with Crippen molar-refractivity contribution in [1.82, 2.24) is 16.2 Å². The summed E-state index contributed by atoms with van der Waals surface area (Å²) < 4.78 is 5.30. The molecular formula is C12H17N3O3. The second-order valence-electron chi connectivity index (χ2n) is 3.70. The number of ether oxygens (including phenoxy) is 1. The summed E-state index contributed by atoms with van der Waals surface area (Å²) in [5.74, 6) is -0.135. The van der Waals surface area contributed by atoms with Gasteiger partial charge in [0.25, 0.3) is 5.91 Å². The lowest BCUT2D eigenvalue weighted by atomic mass is 10.2. The zero-order chi connectivity index (χ0) is 13.4. The molecule has 3 N–H and O–H groups in total. The van der Waals surface area contributed by atoms with Crippen molar-refractivity contribution in [2.75, 3.05) is 13.7 Å². The molecule has 98 valence electrons. The van der Waals surface area contributed by atoms with Crippen molar-refractivity contribution in [3.05, 3.63) is 29.8 Å². The highest BCUT2D eigenvalue weighted by Crippen LogP contribution is 2.12. The Kier molecular flexibility index (Phi) is 5.66. The molecule has 0 aromatic heterocycles. The summed E-state index contributed by atoms with van der Waals surface area (Å²) >= 11 is 0. The Morgan fingerprint density at radius 3 is 2.72 bits per heavy atom. The molecular weight excluding hydrogens is 234 g/mol. The fourth-order valence-corrected chi connectivity index (χ4v) is 1.29. The molecule has 0 spiro atoms. The molecule has 0 aliphatic rings. The van der Waals surface area contributed by atoms with E-state index in [1.165, 1.54) is 6.92 Å². The zero-order valence-corrected chi connectivity index (χ0v) is 10.4. The van der Waals surface area contributed by atoms with Crippen LogP contribution in [0.2, 0.25) is 0 Å². The van der Waals surface area contributed by atoms with E-state index >= 15 is 0 Å².